The van der Waals surface area contributed by atoms with Crippen LogP contribution in [0.15, 0.2) is 18.2 Å². The van der Waals surface area contributed by atoms with Crippen molar-refractivity contribution in [2.24, 2.45) is 0 Å². The van der Waals surface area contributed by atoms with E-state index < -0.39 is 6.10 Å². The Morgan fingerprint density at radius 2 is 2.12 bits per heavy atom. The van der Waals surface area contributed by atoms with Gasteiger partial charge in [0, 0.05) is 26.2 Å². The van der Waals surface area contributed by atoms with Gasteiger partial charge in [0.1, 0.15) is 0 Å². The van der Waals surface area contributed by atoms with Gasteiger partial charge in [0.05, 0.1) is 24.9 Å². The van der Waals surface area contributed by atoms with Gasteiger partial charge in [-0.25, -0.2) is 0 Å². The molecular formula is C20H33NO3. The van der Waals surface area contributed by atoms with Crippen LogP contribution in [0.2, 0.25) is 0 Å². The summed E-state index contributed by atoms with van der Waals surface area (Å²) in [5, 5.41) is 10.3. The SMILES string of the molecule is Cc1ccc(CN(C[C@H](O)COC(C)C)C[C@H]2CCCO2)c(C)c1. The van der Waals surface area contributed by atoms with Gasteiger partial charge >= 0.3 is 0 Å². The van der Waals surface area contributed by atoms with Crippen LogP contribution in [-0.4, -0.2) is 54.6 Å². The molecule has 1 aliphatic rings. The Balaban J connectivity index is 1.98. The van der Waals surface area contributed by atoms with E-state index in [0.717, 1.165) is 32.5 Å². The van der Waals surface area contributed by atoms with Crippen LogP contribution in [-0.2, 0) is 16.0 Å². The van der Waals surface area contributed by atoms with Crippen LogP contribution in [0.3, 0.4) is 0 Å². The van der Waals surface area contributed by atoms with E-state index in [9.17, 15) is 5.11 Å². The fourth-order valence-corrected chi connectivity index (χ4v) is 3.20. The van der Waals surface area contributed by atoms with Crippen LogP contribution in [0.1, 0.15) is 43.4 Å². The number of rotatable bonds is 9. The molecular weight excluding hydrogens is 302 g/mol. The number of hydrogen-bond donors (Lipinski definition) is 1. The molecule has 1 fully saturated rings. The average Bonchev–Trinajstić information content (AvgIpc) is 3.01. The van der Waals surface area contributed by atoms with Gasteiger partial charge in [0.25, 0.3) is 0 Å². The number of aryl methyl sites for hydroxylation is 2. The van der Waals surface area contributed by atoms with Gasteiger partial charge in [-0.15, -0.1) is 0 Å². The number of aliphatic hydroxyl groups excluding tert-OH is 1. The highest BCUT2D eigenvalue weighted by Crippen LogP contribution is 2.18. The lowest BCUT2D eigenvalue weighted by atomic mass is 10.0. The largest absolute Gasteiger partial charge is 0.389 e. The second-order valence-electron chi connectivity index (χ2n) is 7.29. The highest BCUT2D eigenvalue weighted by atomic mass is 16.5. The van der Waals surface area contributed by atoms with E-state index in [-0.39, 0.29) is 12.2 Å². The summed E-state index contributed by atoms with van der Waals surface area (Å²) in [4.78, 5) is 2.31. The molecule has 0 radical (unpaired) electrons. The fourth-order valence-electron chi connectivity index (χ4n) is 3.20. The van der Waals surface area contributed by atoms with Crippen LogP contribution in [0.5, 0.6) is 0 Å². The first kappa shape index (κ1) is 19.4. The molecule has 0 aliphatic carbocycles. The molecule has 2 atom stereocenters. The van der Waals surface area contributed by atoms with Gasteiger partial charge in [-0.05, 0) is 51.7 Å². The van der Waals surface area contributed by atoms with Gasteiger partial charge in [0.15, 0.2) is 0 Å². The van der Waals surface area contributed by atoms with Crippen molar-refractivity contribution in [2.75, 3.05) is 26.3 Å². The van der Waals surface area contributed by atoms with Crippen LogP contribution in [0.4, 0.5) is 0 Å². The normalized spacial score (nSPS) is 19.4. The Morgan fingerprint density at radius 1 is 1.33 bits per heavy atom. The third-order valence-electron chi connectivity index (χ3n) is 4.47. The van der Waals surface area contributed by atoms with Gasteiger partial charge in [-0.2, -0.15) is 0 Å². The van der Waals surface area contributed by atoms with E-state index in [0.29, 0.717) is 13.2 Å². The summed E-state index contributed by atoms with van der Waals surface area (Å²) in [6, 6.07) is 6.58. The fraction of sp³-hybridized carbons (Fsp3) is 0.700. The van der Waals surface area contributed by atoms with E-state index in [2.05, 4.69) is 36.9 Å². The zero-order chi connectivity index (χ0) is 17.5. The Labute approximate surface area is 146 Å². The summed E-state index contributed by atoms with van der Waals surface area (Å²) in [7, 11) is 0. The molecule has 1 heterocycles. The molecule has 1 N–H and O–H groups in total. The maximum atomic E-state index is 10.3. The summed E-state index contributed by atoms with van der Waals surface area (Å²) >= 11 is 0. The molecule has 24 heavy (non-hydrogen) atoms. The van der Waals surface area contributed by atoms with Crippen molar-refractivity contribution in [3.63, 3.8) is 0 Å². The first-order chi connectivity index (χ1) is 11.4. The zero-order valence-corrected chi connectivity index (χ0v) is 15.6. The van der Waals surface area contributed by atoms with Gasteiger partial charge < -0.3 is 14.6 Å². The van der Waals surface area contributed by atoms with Gasteiger partial charge in [-0.1, -0.05) is 23.8 Å². The van der Waals surface area contributed by atoms with Crippen molar-refractivity contribution in [1.29, 1.82) is 0 Å². The summed E-state index contributed by atoms with van der Waals surface area (Å²) < 4.78 is 11.4. The number of nitrogens with zero attached hydrogens (tertiary/aromatic N) is 1. The smallest absolute Gasteiger partial charge is 0.0900 e. The lowest BCUT2D eigenvalue weighted by Crippen LogP contribution is -2.39. The van der Waals surface area contributed by atoms with E-state index in [1.807, 2.05) is 13.8 Å². The van der Waals surface area contributed by atoms with Crippen LogP contribution < -0.4 is 0 Å². The number of benzene rings is 1. The molecule has 4 heteroatoms. The maximum absolute atomic E-state index is 10.3. The van der Waals surface area contributed by atoms with Crippen molar-refractivity contribution >= 4 is 0 Å². The molecule has 1 aliphatic heterocycles. The molecule has 0 amide bonds. The van der Waals surface area contributed by atoms with Crippen LogP contribution >= 0.6 is 0 Å². The molecule has 0 unspecified atom stereocenters. The van der Waals surface area contributed by atoms with Crippen LogP contribution in [0.25, 0.3) is 0 Å². The second-order valence-corrected chi connectivity index (χ2v) is 7.29. The number of hydrogen-bond acceptors (Lipinski definition) is 4. The Kier molecular flexibility index (Phi) is 7.69. The lowest BCUT2D eigenvalue weighted by Gasteiger charge is -2.28. The second kappa shape index (κ2) is 9.52. The van der Waals surface area contributed by atoms with Crippen molar-refractivity contribution in [3.8, 4) is 0 Å². The van der Waals surface area contributed by atoms with Crippen molar-refractivity contribution in [3.05, 3.63) is 34.9 Å². The average molecular weight is 335 g/mol. The maximum Gasteiger partial charge on any atom is 0.0900 e. The minimum atomic E-state index is -0.473. The Morgan fingerprint density at radius 3 is 2.75 bits per heavy atom. The molecule has 4 nitrogen and oxygen atoms in total. The molecule has 1 aromatic carbocycles. The van der Waals surface area contributed by atoms with Crippen LogP contribution in [0, 0.1) is 13.8 Å². The minimum Gasteiger partial charge on any atom is -0.389 e. The first-order valence-electron chi connectivity index (χ1n) is 9.13. The van der Waals surface area contributed by atoms with E-state index >= 15 is 0 Å². The van der Waals surface area contributed by atoms with E-state index in [4.69, 9.17) is 9.47 Å². The molecule has 0 bridgehead atoms. The predicted molar refractivity (Wildman–Crippen MR) is 97.3 cm³/mol. The predicted octanol–water partition coefficient (Wildman–Crippen LogP) is 3.07. The molecule has 0 aromatic heterocycles. The molecule has 1 aromatic rings. The molecule has 136 valence electrons. The standard InChI is InChI=1S/C20H33NO3/c1-15(2)24-14-19(22)12-21(13-20-6-5-9-23-20)11-18-8-7-16(3)10-17(18)4/h7-8,10,15,19-20,22H,5-6,9,11-14H2,1-4H3/t19-,20+/m0/s1. The van der Waals surface area contributed by atoms with Gasteiger partial charge in [0.2, 0.25) is 0 Å². The third-order valence-corrected chi connectivity index (χ3v) is 4.47. The lowest BCUT2D eigenvalue weighted by molar-refractivity contribution is -0.0172. The van der Waals surface area contributed by atoms with Crippen molar-refractivity contribution in [2.45, 2.75) is 65.4 Å². The summed E-state index contributed by atoms with van der Waals surface area (Å²) in [6.45, 7) is 11.8. The number of aliphatic hydroxyl groups is 1. The quantitative estimate of drug-likeness (QED) is 0.753. The molecule has 2 rings (SSSR count). The van der Waals surface area contributed by atoms with Gasteiger partial charge in [-0.3, -0.25) is 4.90 Å². The number of ether oxygens (including phenoxy) is 2. The Hall–Kier alpha value is -0.940. The Bertz CT molecular complexity index is 498. The van der Waals surface area contributed by atoms with Crippen molar-refractivity contribution in [1.82, 2.24) is 4.90 Å². The molecule has 0 saturated carbocycles. The monoisotopic (exact) mass is 335 g/mol. The van der Waals surface area contributed by atoms with E-state index in [1.165, 1.54) is 16.7 Å². The summed E-state index contributed by atoms with van der Waals surface area (Å²) in [5.74, 6) is 0. The minimum absolute atomic E-state index is 0.144. The third kappa shape index (κ3) is 6.52. The zero-order valence-electron chi connectivity index (χ0n) is 15.6. The summed E-state index contributed by atoms with van der Waals surface area (Å²) in [6.07, 6.45) is 2.21. The first-order valence-corrected chi connectivity index (χ1v) is 9.13. The van der Waals surface area contributed by atoms with Crippen molar-refractivity contribution < 1.29 is 14.6 Å². The highest BCUT2D eigenvalue weighted by molar-refractivity contribution is 5.30. The highest BCUT2D eigenvalue weighted by Gasteiger charge is 2.21. The summed E-state index contributed by atoms with van der Waals surface area (Å²) in [5.41, 5.74) is 3.91. The molecule has 1 saturated heterocycles. The van der Waals surface area contributed by atoms with E-state index in [1.54, 1.807) is 0 Å². The molecule has 0 spiro atoms. The topological polar surface area (TPSA) is 41.9 Å².